The number of nitrogens with zero attached hydrogens (tertiary/aromatic N) is 7. The molecule has 18 heteroatoms. The maximum atomic E-state index is 13.5. The van der Waals surface area contributed by atoms with Crippen molar-refractivity contribution in [3.05, 3.63) is 104 Å². The number of aryl methyl sites for hydroxylation is 1. The Hall–Kier alpha value is -6.46. The summed E-state index contributed by atoms with van der Waals surface area (Å²) >= 11 is 0. The second kappa shape index (κ2) is 18.0. The van der Waals surface area contributed by atoms with Gasteiger partial charge in [-0.2, -0.15) is 5.21 Å². The summed E-state index contributed by atoms with van der Waals surface area (Å²) in [6.07, 6.45) is 2.15. The number of aromatic amines is 1. The molecule has 18 nitrogen and oxygen atoms in total. The molecule has 0 aliphatic carbocycles. The first-order chi connectivity index (χ1) is 25.2. The summed E-state index contributed by atoms with van der Waals surface area (Å²) in [6.45, 7) is 1.55. The number of rotatable bonds is 20. The molecule has 52 heavy (non-hydrogen) atoms. The van der Waals surface area contributed by atoms with Gasteiger partial charge in [-0.05, 0) is 59.7 Å². The second-order valence-corrected chi connectivity index (χ2v) is 11.7. The SMILES string of the molecule is CCCCc1nc2cccc(C(=O)NCC(=O)OCCCCC(CO[N+](=O)[O-])O[N+](=O)[O-])c2n1Cc1ccc(-c2ccccc2-c2nn[nH]n2)cc1. The monoisotopic (exact) mass is 715 g/mol. The lowest BCUT2D eigenvalue weighted by molar-refractivity contribution is -0.790. The van der Waals surface area contributed by atoms with Crippen LogP contribution < -0.4 is 5.32 Å². The number of fused-ring (bicyclic) bond motifs is 1. The minimum Gasteiger partial charge on any atom is -0.464 e. The van der Waals surface area contributed by atoms with Crippen molar-refractivity contribution < 1.29 is 34.2 Å². The van der Waals surface area contributed by atoms with E-state index in [1.165, 1.54) is 0 Å². The molecule has 0 spiro atoms. The molecule has 2 heterocycles. The van der Waals surface area contributed by atoms with E-state index in [9.17, 15) is 29.8 Å². The first-order valence-corrected chi connectivity index (χ1v) is 16.7. The number of imidazole rings is 1. The molecule has 0 aliphatic rings. The number of hydrogen-bond donors (Lipinski definition) is 2. The third-order valence-electron chi connectivity index (χ3n) is 8.14. The Kier molecular flexibility index (Phi) is 12.7. The van der Waals surface area contributed by atoms with Crippen LogP contribution in [0.2, 0.25) is 0 Å². The maximum Gasteiger partial charge on any atom is 0.325 e. The normalized spacial score (nSPS) is 11.6. The van der Waals surface area contributed by atoms with Gasteiger partial charge in [-0.1, -0.05) is 67.9 Å². The van der Waals surface area contributed by atoms with Crippen LogP contribution in [0, 0.1) is 20.2 Å². The van der Waals surface area contributed by atoms with Crippen molar-refractivity contribution in [2.75, 3.05) is 19.8 Å². The number of tetrazole rings is 1. The van der Waals surface area contributed by atoms with E-state index >= 15 is 0 Å². The Balaban J connectivity index is 1.23. The van der Waals surface area contributed by atoms with E-state index in [-0.39, 0.29) is 19.6 Å². The average molecular weight is 716 g/mol. The van der Waals surface area contributed by atoms with E-state index < -0.39 is 34.8 Å². The molecule has 0 radical (unpaired) electrons. The zero-order valence-corrected chi connectivity index (χ0v) is 28.3. The van der Waals surface area contributed by atoms with Crippen LogP contribution in [0.25, 0.3) is 33.5 Å². The summed E-state index contributed by atoms with van der Waals surface area (Å²) in [4.78, 5) is 60.3. The van der Waals surface area contributed by atoms with Gasteiger partial charge in [0.15, 0.2) is 0 Å². The van der Waals surface area contributed by atoms with Gasteiger partial charge in [-0.3, -0.25) is 9.59 Å². The molecule has 2 aromatic heterocycles. The molecule has 1 atom stereocenters. The van der Waals surface area contributed by atoms with Crippen molar-refractivity contribution in [2.24, 2.45) is 0 Å². The summed E-state index contributed by atoms with van der Waals surface area (Å²) in [7, 11) is 0. The number of benzene rings is 3. The van der Waals surface area contributed by atoms with Gasteiger partial charge in [0.1, 0.15) is 25.1 Å². The van der Waals surface area contributed by atoms with Crippen LogP contribution in [0.5, 0.6) is 0 Å². The number of aromatic nitrogens is 6. The molecule has 0 fully saturated rings. The lowest BCUT2D eigenvalue weighted by atomic mass is 9.98. The number of carbonyl (C=O) groups is 2. The fourth-order valence-electron chi connectivity index (χ4n) is 5.68. The van der Waals surface area contributed by atoms with Crippen LogP contribution in [0.1, 0.15) is 60.8 Å². The first kappa shape index (κ1) is 36.8. The van der Waals surface area contributed by atoms with Crippen molar-refractivity contribution >= 4 is 22.9 Å². The van der Waals surface area contributed by atoms with Crippen LogP contribution in [0.4, 0.5) is 0 Å². The van der Waals surface area contributed by atoms with Gasteiger partial charge in [0, 0.05) is 18.5 Å². The molecule has 272 valence electrons. The largest absolute Gasteiger partial charge is 0.464 e. The number of para-hydroxylation sites is 1. The highest BCUT2D eigenvalue weighted by Gasteiger charge is 2.20. The Morgan fingerprint density at radius 1 is 0.962 bits per heavy atom. The molecule has 5 rings (SSSR count). The molecule has 0 bridgehead atoms. The van der Waals surface area contributed by atoms with Crippen LogP contribution in [0.3, 0.4) is 0 Å². The summed E-state index contributed by atoms with van der Waals surface area (Å²) in [5.74, 6) is 0.206. The number of ether oxygens (including phenoxy) is 1. The van der Waals surface area contributed by atoms with Crippen molar-refractivity contribution in [2.45, 2.75) is 58.1 Å². The molecular formula is C34H37N9O9. The van der Waals surface area contributed by atoms with Crippen molar-refractivity contribution in [1.29, 1.82) is 0 Å². The van der Waals surface area contributed by atoms with Crippen molar-refractivity contribution in [3.63, 3.8) is 0 Å². The molecule has 3 aromatic carbocycles. The molecule has 1 amide bonds. The quantitative estimate of drug-likeness (QED) is 0.0489. The third-order valence-corrected chi connectivity index (χ3v) is 8.14. The Bertz CT molecular complexity index is 1980. The van der Waals surface area contributed by atoms with E-state index in [4.69, 9.17) is 9.72 Å². The maximum absolute atomic E-state index is 13.5. The Morgan fingerprint density at radius 3 is 2.46 bits per heavy atom. The third kappa shape index (κ3) is 9.83. The van der Waals surface area contributed by atoms with Crippen LogP contribution in [0.15, 0.2) is 66.7 Å². The van der Waals surface area contributed by atoms with Gasteiger partial charge in [0.25, 0.3) is 16.1 Å². The lowest BCUT2D eigenvalue weighted by Gasteiger charge is -2.14. The fraction of sp³-hybridized carbons (Fsp3) is 0.353. The number of amides is 1. The molecule has 1 unspecified atom stereocenters. The van der Waals surface area contributed by atoms with E-state index in [1.54, 1.807) is 12.1 Å². The summed E-state index contributed by atoms with van der Waals surface area (Å²) in [5.41, 5.74) is 5.46. The smallest absolute Gasteiger partial charge is 0.325 e. The number of esters is 1. The van der Waals surface area contributed by atoms with Crippen LogP contribution in [-0.4, -0.2) is 78.1 Å². The minimum absolute atomic E-state index is 0.0272. The van der Waals surface area contributed by atoms with E-state index in [2.05, 4.69) is 42.5 Å². The zero-order chi connectivity index (χ0) is 36.9. The number of carbonyl (C=O) groups excluding carboxylic acids is 2. The van der Waals surface area contributed by atoms with Crippen molar-refractivity contribution in [3.8, 4) is 22.5 Å². The van der Waals surface area contributed by atoms with Gasteiger partial charge in [0.05, 0.1) is 23.2 Å². The van der Waals surface area contributed by atoms with Gasteiger partial charge in [-0.15, -0.1) is 30.4 Å². The molecule has 0 saturated carbocycles. The van der Waals surface area contributed by atoms with Gasteiger partial charge >= 0.3 is 5.97 Å². The Morgan fingerprint density at radius 2 is 1.75 bits per heavy atom. The van der Waals surface area contributed by atoms with Crippen molar-refractivity contribution in [1.82, 2.24) is 35.5 Å². The van der Waals surface area contributed by atoms with Gasteiger partial charge in [-0.25, -0.2) is 4.98 Å². The highest BCUT2D eigenvalue weighted by Crippen LogP contribution is 2.30. The van der Waals surface area contributed by atoms with Gasteiger partial charge < -0.3 is 24.3 Å². The number of unbranched alkanes of at least 4 members (excludes halogenated alkanes) is 2. The summed E-state index contributed by atoms with van der Waals surface area (Å²) in [6, 6.07) is 21.2. The highest BCUT2D eigenvalue weighted by molar-refractivity contribution is 6.06. The number of H-pyrrole nitrogens is 1. The zero-order valence-electron chi connectivity index (χ0n) is 28.3. The highest BCUT2D eigenvalue weighted by atomic mass is 17.0. The predicted octanol–water partition coefficient (Wildman–Crippen LogP) is 4.50. The fourth-order valence-corrected chi connectivity index (χ4v) is 5.68. The molecule has 0 saturated heterocycles. The van der Waals surface area contributed by atoms with Crippen LogP contribution >= 0.6 is 0 Å². The van der Waals surface area contributed by atoms with E-state index in [0.717, 1.165) is 47.3 Å². The number of nitrogens with one attached hydrogen (secondary N) is 2. The molecular weight excluding hydrogens is 678 g/mol. The molecule has 2 N–H and O–H groups in total. The number of hydrogen-bond acceptors (Lipinski definition) is 13. The summed E-state index contributed by atoms with van der Waals surface area (Å²) < 4.78 is 7.25. The molecule has 5 aromatic rings. The van der Waals surface area contributed by atoms with Crippen LogP contribution in [-0.2, 0) is 32.2 Å². The minimum atomic E-state index is -1.14. The topological polar surface area (TPSA) is 232 Å². The lowest BCUT2D eigenvalue weighted by Crippen LogP contribution is -2.31. The van der Waals surface area contributed by atoms with E-state index in [0.29, 0.717) is 41.8 Å². The average Bonchev–Trinajstić information content (AvgIpc) is 3.80. The molecule has 0 aliphatic heterocycles. The standard InChI is InChI=1S/C34H37N9O9/c1-2-3-14-30-36-29-13-8-12-28(34(45)35-20-31(44)50-19-7-6-9-25(52-43(48)49)22-51-42(46)47)32(29)41(30)21-23-15-17-24(18-16-23)26-10-4-5-11-27(26)33-37-39-40-38-33/h4-5,8,10-13,15-18,25H,2-3,6-7,9,14,19-22H2,1H3,(H,35,45)(H,37,38,39,40). The first-order valence-electron chi connectivity index (χ1n) is 16.7. The predicted molar refractivity (Wildman–Crippen MR) is 184 cm³/mol. The Labute approximate surface area is 296 Å². The van der Waals surface area contributed by atoms with Gasteiger partial charge in [0.2, 0.25) is 5.82 Å². The second-order valence-electron chi connectivity index (χ2n) is 11.7. The summed E-state index contributed by atoms with van der Waals surface area (Å²) in [5, 5.41) is 36.0. The van der Waals surface area contributed by atoms with E-state index in [1.807, 2.05) is 59.2 Å².